The Kier molecular flexibility index (Phi) is 4.17. The fraction of sp³-hybridized carbons (Fsp3) is 0.364. The zero-order valence-corrected chi connectivity index (χ0v) is 17.1. The highest BCUT2D eigenvalue weighted by molar-refractivity contribution is 7.20. The molecular weight excluding hydrogens is 386 g/mol. The van der Waals surface area contributed by atoms with E-state index in [-0.39, 0.29) is 5.91 Å². The van der Waals surface area contributed by atoms with E-state index in [0.717, 1.165) is 51.3 Å². The second-order valence-electron chi connectivity index (χ2n) is 7.94. The van der Waals surface area contributed by atoms with Gasteiger partial charge in [-0.1, -0.05) is 24.3 Å². The van der Waals surface area contributed by atoms with Crippen molar-refractivity contribution in [3.05, 3.63) is 57.4 Å². The van der Waals surface area contributed by atoms with Crippen molar-refractivity contribution in [1.29, 1.82) is 0 Å². The summed E-state index contributed by atoms with van der Waals surface area (Å²) >= 11 is 1.36. The van der Waals surface area contributed by atoms with Gasteiger partial charge in [0.05, 0.1) is 10.6 Å². The molecule has 3 aromatic rings. The monoisotopic (exact) mass is 407 g/mol. The summed E-state index contributed by atoms with van der Waals surface area (Å²) in [5, 5.41) is 10.7. The van der Waals surface area contributed by atoms with Gasteiger partial charge in [0.2, 0.25) is 0 Å². The minimum Gasteiger partial charge on any atom is -0.480 e. The van der Waals surface area contributed by atoms with Crippen molar-refractivity contribution in [2.75, 3.05) is 0 Å². The molecule has 148 valence electrons. The van der Waals surface area contributed by atoms with Gasteiger partial charge in [-0.15, -0.1) is 11.3 Å². The van der Waals surface area contributed by atoms with Gasteiger partial charge in [0.15, 0.2) is 0 Å². The Balaban J connectivity index is 1.57. The average molecular weight is 407 g/mol. The van der Waals surface area contributed by atoms with E-state index in [2.05, 4.69) is 4.98 Å². The third-order valence-corrected chi connectivity index (χ3v) is 7.09. The number of carboxylic acid groups (broad SMARTS) is 1. The number of nitrogens with zero attached hydrogens (tertiary/aromatic N) is 3. The maximum Gasteiger partial charge on any atom is 0.326 e. The molecule has 0 bridgehead atoms. The van der Waals surface area contributed by atoms with Crippen LogP contribution in [0.2, 0.25) is 0 Å². The molecule has 0 spiro atoms. The molecule has 0 unspecified atom stereocenters. The maximum absolute atomic E-state index is 13.5. The molecular formula is C22H21N3O3S. The lowest BCUT2D eigenvalue weighted by Crippen LogP contribution is -2.48. The summed E-state index contributed by atoms with van der Waals surface area (Å²) in [6, 6.07) is 6.87. The van der Waals surface area contributed by atoms with E-state index in [9.17, 15) is 14.7 Å². The number of rotatable bonds is 3. The molecule has 5 rings (SSSR count). The van der Waals surface area contributed by atoms with Crippen LogP contribution in [0.4, 0.5) is 0 Å². The zero-order chi connectivity index (χ0) is 20.3. The number of thiophene rings is 1. The Morgan fingerprint density at radius 2 is 1.86 bits per heavy atom. The van der Waals surface area contributed by atoms with Gasteiger partial charge in [0.25, 0.3) is 5.91 Å². The van der Waals surface area contributed by atoms with Crippen LogP contribution in [0.25, 0.3) is 10.2 Å². The molecule has 29 heavy (non-hydrogen) atoms. The Bertz CT molecular complexity index is 1170. The second kappa shape index (κ2) is 6.62. The first-order chi connectivity index (χ1) is 13.9. The van der Waals surface area contributed by atoms with E-state index >= 15 is 0 Å². The molecule has 6 nitrogen and oxygen atoms in total. The average Bonchev–Trinajstić information content (AvgIpc) is 3.50. The second-order valence-corrected chi connectivity index (χ2v) is 8.94. The lowest BCUT2D eigenvalue weighted by molar-refractivity contribution is -0.142. The van der Waals surface area contributed by atoms with E-state index in [1.54, 1.807) is 0 Å². The Hall–Kier alpha value is -2.80. The van der Waals surface area contributed by atoms with E-state index in [1.165, 1.54) is 16.2 Å². The van der Waals surface area contributed by atoms with Crippen molar-refractivity contribution >= 4 is 33.4 Å². The number of carboxylic acids is 1. The third kappa shape index (κ3) is 3.00. The van der Waals surface area contributed by atoms with Gasteiger partial charge < -0.3 is 10.0 Å². The maximum atomic E-state index is 13.5. The first-order valence-corrected chi connectivity index (χ1v) is 10.6. The van der Waals surface area contributed by atoms with E-state index < -0.39 is 12.0 Å². The summed E-state index contributed by atoms with van der Waals surface area (Å²) in [5.74, 6) is 0.0959. The summed E-state index contributed by atoms with van der Waals surface area (Å²) in [7, 11) is 0. The Labute approximate surface area is 172 Å². The van der Waals surface area contributed by atoms with Crippen LogP contribution in [0.15, 0.2) is 24.3 Å². The lowest BCUT2D eigenvalue weighted by atomic mass is 9.93. The molecule has 0 radical (unpaired) electrons. The molecule has 7 heteroatoms. The van der Waals surface area contributed by atoms with Crippen molar-refractivity contribution in [2.45, 2.75) is 51.6 Å². The molecule has 3 heterocycles. The van der Waals surface area contributed by atoms with Crippen LogP contribution in [-0.4, -0.2) is 37.9 Å². The van der Waals surface area contributed by atoms with Crippen LogP contribution in [0, 0.1) is 13.8 Å². The first kappa shape index (κ1) is 18.2. The standard InChI is InChI=1S/C22H21N3O3S/c1-11-17-12(2)23-19(13-7-8-13)24-20(17)29-18(11)21(26)25-10-15-6-4-3-5-14(15)9-16(25)22(27)28/h3-6,13,16H,7-10H2,1-2H3,(H,27,28)/t16-/m0/s1. The number of hydrogen-bond acceptors (Lipinski definition) is 5. The van der Waals surface area contributed by atoms with Gasteiger partial charge in [-0.3, -0.25) is 4.79 Å². The number of aromatic nitrogens is 2. The van der Waals surface area contributed by atoms with Crippen LogP contribution >= 0.6 is 11.3 Å². The van der Waals surface area contributed by atoms with E-state index in [1.807, 2.05) is 38.1 Å². The number of carbonyl (C=O) groups is 2. The van der Waals surface area contributed by atoms with Crippen molar-refractivity contribution < 1.29 is 14.7 Å². The molecule has 1 N–H and O–H groups in total. The van der Waals surface area contributed by atoms with Gasteiger partial charge in [-0.25, -0.2) is 14.8 Å². The van der Waals surface area contributed by atoms with Gasteiger partial charge in [-0.05, 0) is 43.4 Å². The molecule has 1 atom stereocenters. The van der Waals surface area contributed by atoms with E-state index in [0.29, 0.717) is 23.8 Å². The molecule has 1 fully saturated rings. The van der Waals surface area contributed by atoms with Crippen molar-refractivity contribution in [3.63, 3.8) is 0 Å². The summed E-state index contributed by atoms with van der Waals surface area (Å²) in [4.78, 5) is 37.7. The van der Waals surface area contributed by atoms with Gasteiger partial charge in [0, 0.05) is 24.3 Å². The highest BCUT2D eigenvalue weighted by Crippen LogP contribution is 2.41. The predicted molar refractivity (Wildman–Crippen MR) is 110 cm³/mol. The molecule has 2 aliphatic rings. The minimum absolute atomic E-state index is 0.236. The van der Waals surface area contributed by atoms with Crippen LogP contribution in [0.3, 0.4) is 0 Å². The van der Waals surface area contributed by atoms with E-state index in [4.69, 9.17) is 4.98 Å². The van der Waals surface area contributed by atoms with Gasteiger partial charge in [0.1, 0.15) is 16.7 Å². The number of aryl methyl sites for hydroxylation is 2. The topological polar surface area (TPSA) is 83.4 Å². The summed E-state index contributed by atoms with van der Waals surface area (Å²) in [5.41, 5.74) is 3.73. The summed E-state index contributed by atoms with van der Waals surface area (Å²) in [6.45, 7) is 4.17. The molecule has 1 aliphatic carbocycles. The fourth-order valence-corrected chi connectivity index (χ4v) is 5.37. The Morgan fingerprint density at radius 1 is 1.14 bits per heavy atom. The van der Waals surface area contributed by atoms with Crippen LogP contribution in [0.1, 0.15) is 56.6 Å². The van der Waals surface area contributed by atoms with Gasteiger partial charge >= 0.3 is 5.97 Å². The SMILES string of the molecule is Cc1nc(C2CC2)nc2sc(C(=O)N3Cc4ccccc4C[C@H]3C(=O)O)c(C)c12. The fourth-order valence-electron chi connectivity index (χ4n) is 4.18. The number of carbonyl (C=O) groups excluding carboxylic acids is 1. The quantitative estimate of drug-likeness (QED) is 0.713. The largest absolute Gasteiger partial charge is 0.480 e. The van der Waals surface area contributed by atoms with Crippen LogP contribution in [0.5, 0.6) is 0 Å². The molecule has 1 saturated carbocycles. The zero-order valence-electron chi connectivity index (χ0n) is 16.3. The molecule has 1 aromatic carbocycles. The molecule has 1 amide bonds. The smallest absolute Gasteiger partial charge is 0.326 e. The third-order valence-electron chi connectivity index (χ3n) is 5.92. The predicted octanol–water partition coefficient (Wildman–Crippen LogP) is 3.84. The van der Waals surface area contributed by atoms with Crippen molar-refractivity contribution in [2.24, 2.45) is 0 Å². The highest BCUT2D eigenvalue weighted by Gasteiger charge is 2.36. The number of benzene rings is 1. The molecule has 0 saturated heterocycles. The minimum atomic E-state index is -0.974. The summed E-state index contributed by atoms with van der Waals surface area (Å²) < 4.78 is 0. The van der Waals surface area contributed by atoms with Crippen LogP contribution in [-0.2, 0) is 17.8 Å². The van der Waals surface area contributed by atoms with Crippen molar-refractivity contribution in [3.8, 4) is 0 Å². The van der Waals surface area contributed by atoms with Crippen molar-refractivity contribution in [1.82, 2.24) is 14.9 Å². The van der Waals surface area contributed by atoms with Gasteiger partial charge in [-0.2, -0.15) is 0 Å². The number of fused-ring (bicyclic) bond motifs is 2. The lowest BCUT2D eigenvalue weighted by Gasteiger charge is -2.34. The number of aliphatic carboxylic acids is 1. The molecule has 1 aliphatic heterocycles. The summed E-state index contributed by atoms with van der Waals surface area (Å²) in [6.07, 6.45) is 2.56. The highest BCUT2D eigenvalue weighted by atomic mass is 32.1. The molecule has 2 aromatic heterocycles. The van der Waals surface area contributed by atoms with Crippen LogP contribution < -0.4 is 0 Å². The first-order valence-electron chi connectivity index (χ1n) is 9.82. The Morgan fingerprint density at radius 3 is 2.55 bits per heavy atom. The normalized spacial score (nSPS) is 18.7. The number of hydrogen-bond donors (Lipinski definition) is 1. The number of amides is 1.